The van der Waals surface area contributed by atoms with Crippen LogP contribution >= 0.6 is 35.7 Å². The van der Waals surface area contributed by atoms with Gasteiger partial charge in [0.25, 0.3) is 0 Å². The molecule has 0 bridgehead atoms. The van der Waals surface area contributed by atoms with Crippen molar-refractivity contribution in [3.05, 3.63) is 42.0 Å². The summed E-state index contributed by atoms with van der Waals surface area (Å²) in [7, 11) is 1.86. The van der Waals surface area contributed by atoms with Crippen molar-refractivity contribution in [2.24, 2.45) is 4.99 Å². The zero-order valence-corrected chi connectivity index (χ0v) is 19.6. The van der Waals surface area contributed by atoms with E-state index < -0.39 is 0 Å². The molecule has 3 rings (SSSR count). The Morgan fingerprint density at radius 2 is 2.07 bits per heavy atom. The molecule has 0 radical (unpaired) electrons. The van der Waals surface area contributed by atoms with Crippen LogP contribution < -0.4 is 15.5 Å². The van der Waals surface area contributed by atoms with E-state index in [-0.39, 0.29) is 24.0 Å². The first kappa shape index (κ1) is 22.4. The molecule has 2 atom stereocenters. The second-order valence-corrected chi connectivity index (χ2v) is 8.63. The Hall–Kier alpha value is -0.890. The van der Waals surface area contributed by atoms with E-state index in [0.29, 0.717) is 6.04 Å². The van der Waals surface area contributed by atoms with E-state index in [4.69, 9.17) is 0 Å². The average molecular weight is 500 g/mol. The summed E-state index contributed by atoms with van der Waals surface area (Å²) >= 11 is 2.10. The van der Waals surface area contributed by atoms with Crippen molar-refractivity contribution in [3.63, 3.8) is 0 Å². The summed E-state index contributed by atoms with van der Waals surface area (Å²) < 4.78 is 0. The molecular weight excluding hydrogens is 467 g/mol. The maximum atomic E-state index is 4.44. The summed E-state index contributed by atoms with van der Waals surface area (Å²) in [5.41, 5.74) is 2.59. The topological polar surface area (TPSA) is 39.7 Å². The van der Waals surface area contributed by atoms with Crippen molar-refractivity contribution in [2.75, 3.05) is 30.8 Å². The van der Waals surface area contributed by atoms with E-state index in [0.717, 1.165) is 30.8 Å². The summed E-state index contributed by atoms with van der Waals surface area (Å²) in [6.45, 7) is 5.08. The number of aliphatic imine (C=N–C) groups is 1. The number of hydrogen-bond donors (Lipinski definition) is 2. The summed E-state index contributed by atoms with van der Waals surface area (Å²) in [6.07, 6.45) is 9.63. The third-order valence-electron chi connectivity index (χ3n) is 5.15. The van der Waals surface area contributed by atoms with Gasteiger partial charge in [0.1, 0.15) is 0 Å². The lowest BCUT2D eigenvalue weighted by Crippen LogP contribution is -2.45. The van der Waals surface area contributed by atoms with Gasteiger partial charge >= 0.3 is 0 Å². The highest BCUT2D eigenvalue weighted by Crippen LogP contribution is 2.28. The van der Waals surface area contributed by atoms with Crippen molar-refractivity contribution in [1.82, 2.24) is 10.6 Å². The number of nitrogens with one attached hydrogen (secondary N) is 2. The highest BCUT2D eigenvalue weighted by atomic mass is 127. The summed E-state index contributed by atoms with van der Waals surface area (Å²) in [5, 5.41) is 7.94. The summed E-state index contributed by atoms with van der Waals surface area (Å²) in [4.78, 5) is 6.81. The van der Waals surface area contributed by atoms with Gasteiger partial charge in [0, 0.05) is 43.7 Å². The Morgan fingerprint density at radius 1 is 1.26 bits per heavy atom. The Balaban J connectivity index is 0.00000261. The maximum absolute atomic E-state index is 4.44. The predicted octanol–water partition coefficient (Wildman–Crippen LogP) is 4.41. The number of guanidine groups is 1. The van der Waals surface area contributed by atoms with Crippen LogP contribution in [0.2, 0.25) is 0 Å². The number of hydrogen-bond acceptors (Lipinski definition) is 3. The van der Waals surface area contributed by atoms with Crippen LogP contribution in [0, 0.1) is 0 Å². The molecule has 0 spiro atoms. The number of thioether (sulfide) groups is 1. The minimum atomic E-state index is 0. The van der Waals surface area contributed by atoms with Gasteiger partial charge in [-0.2, -0.15) is 11.8 Å². The number of benzene rings is 1. The molecule has 6 heteroatoms. The largest absolute Gasteiger partial charge is 0.364 e. The third kappa shape index (κ3) is 6.89. The summed E-state index contributed by atoms with van der Waals surface area (Å²) in [6, 6.07) is 9.34. The molecule has 1 saturated carbocycles. The monoisotopic (exact) mass is 500 g/mol. The molecule has 2 unspecified atom stereocenters. The zero-order chi connectivity index (χ0) is 18.2. The molecule has 27 heavy (non-hydrogen) atoms. The van der Waals surface area contributed by atoms with Gasteiger partial charge in [-0.15, -0.1) is 24.0 Å². The van der Waals surface area contributed by atoms with Crippen LogP contribution in [0.4, 0.5) is 5.69 Å². The molecule has 1 aliphatic heterocycles. The standard InChI is InChI=1S/C21H32N4S.HI/c1-3-26-20-11-7-9-18(15-20)24-21(22-2)23-16-17-8-6-10-19(14-17)25-12-4-5-13-25;/h4-6,8,10,14,18,20H,3,7,9,11-13,15-16H2,1-2H3,(H2,22,23,24);1H. The molecule has 0 aromatic heterocycles. The fourth-order valence-electron chi connectivity index (χ4n) is 3.79. The lowest BCUT2D eigenvalue weighted by Gasteiger charge is -2.30. The predicted molar refractivity (Wildman–Crippen MR) is 131 cm³/mol. The van der Waals surface area contributed by atoms with Gasteiger partial charge in [0.2, 0.25) is 0 Å². The fourth-order valence-corrected chi connectivity index (χ4v) is 4.96. The number of rotatable bonds is 6. The Morgan fingerprint density at radius 3 is 2.81 bits per heavy atom. The van der Waals surface area contributed by atoms with Crippen molar-refractivity contribution in [2.45, 2.75) is 50.4 Å². The van der Waals surface area contributed by atoms with Crippen LogP contribution in [0.3, 0.4) is 0 Å². The van der Waals surface area contributed by atoms with Crippen LogP contribution in [-0.2, 0) is 6.54 Å². The second kappa shape index (κ2) is 11.8. The van der Waals surface area contributed by atoms with E-state index in [2.05, 4.69) is 75.6 Å². The lowest BCUT2D eigenvalue weighted by molar-refractivity contribution is 0.419. The number of nitrogens with zero attached hydrogens (tertiary/aromatic N) is 2. The SMILES string of the molecule is CCSC1CCCC(NC(=NC)NCc2cccc(N3CC=CC3)c2)C1.I. The summed E-state index contributed by atoms with van der Waals surface area (Å²) in [5.74, 6) is 2.14. The highest BCUT2D eigenvalue weighted by molar-refractivity contribution is 14.0. The highest BCUT2D eigenvalue weighted by Gasteiger charge is 2.22. The van der Waals surface area contributed by atoms with E-state index in [1.807, 2.05) is 7.05 Å². The molecule has 0 saturated heterocycles. The van der Waals surface area contributed by atoms with E-state index in [9.17, 15) is 0 Å². The maximum Gasteiger partial charge on any atom is 0.191 e. The van der Waals surface area contributed by atoms with Crippen LogP contribution in [0.1, 0.15) is 38.2 Å². The van der Waals surface area contributed by atoms with Crippen LogP contribution in [-0.4, -0.2) is 43.1 Å². The molecule has 1 aliphatic carbocycles. The Kier molecular flexibility index (Phi) is 9.82. The van der Waals surface area contributed by atoms with E-state index in [1.54, 1.807) is 0 Å². The average Bonchev–Trinajstić information content (AvgIpc) is 3.21. The molecule has 4 nitrogen and oxygen atoms in total. The second-order valence-electron chi connectivity index (χ2n) is 7.06. The van der Waals surface area contributed by atoms with Crippen molar-refractivity contribution >= 4 is 47.4 Å². The molecule has 0 amide bonds. The van der Waals surface area contributed by atoms with Gasteiger partial charge in [-0.25, -0.2) is 0 Å². The van der Waals surface area contributed by atoms with Crippen LogP contribution in [0.5, 0.6) is 0 Å². The fraction of sp³-hybridized carbons (Fsp3) is 0.571. The van der Waals surface area contributed by atoms with Gasteiger partial charge in [0.05, 0.1) is 0 Å². The van der Waals surface area contributed by atoms with Gasteiger partial charge in [-0.1, -0.05) is 37.6 Å². The first-order chi connectivity index (χ1) is 12.8. The molecule has 1 fully saturated rings. The van der Waals surface area contributed by atoms with Gasteiger partial charge < -0.3 is 15.5 Å². The zero-order valence-electron chi connectivity index (χ0n) is 16.5. The van der Waals surface area contributed by atoms with Crippen LogP contribution in [0.25, 0.3) is 0 Å². The van der Waals surface area contributed by atoms with Crippen molar-refractivity contribution in [3.8, 4) is 0 Å². The first-order valence-electron chi connectivity index (χ1n) is 9.86. The molecule has 2 aliphatic rings. The number of halogens is 1. The molecule has 150 valence electrons. The minimum Gasteiger partial charge on any atom is -0.364 e. The molecule has 2 N–H and O–H groups in total. The Bertz CT molecular complexity index is 624. The van der Waals surface area contributed by atoms with Gasteiger partial charge in [0.15, 0.2) is 5.96 Å². The van der Waals surface area contributed by atoms with Crippen molar-refractivity contribution < 1.29 is 0 Å². The van der Waals surface area contributed by atoms with Gasteiger partial charge in [-0.3, -0.25) is 4.99 Å². The normalized spacial score (nSPS) is 22.4. The van der Waals surface area contributed by atoms with E-state index in [1.165, 1.54) is 42.7 Å². The Labute approximate surface area is 185 Å². The van der Waals surface area contributed by atoms with Crippen LogP contribution in [0.15, 0.2) is 41.4 Å². The third-order valence-corrected chi connectivity index (χ3v) is 6.38. The molecule has 1 aromatic carbocycles. The minimum absolute atomic E-state index is 0. The molecular formula is C21H33IN4S. The van der Waals surface area contributed by atoms with E-state index >= 15 is 0 Å². The first-order valence-corrected chi connectivity index (χ1v) is 10.9. The number of anilines is 1. The quantitative estimate of drug-likeness (QED) is 0.263. The molecule has 1 aromatic rings. The molecule has 1 heterocycles. The van der Waals surface area contributed by atoms with Gasteiger partial charge in [-0.05, 0) is 42.7 Å². The smallest absolute Gasteiger partial charge is 0.191 e. The lowest BCUT2D eigenvalue weighted by atomic mass is 9.95. The van der Waals surface area contributed by atoms with Crippen molar-refractivity contribution in [1.29, 1.82) is 0 Å².